The second kappa shape index (κ2) is 10.0. The quantitative estimate of drug-likeness (QED) is 0.449. The summed E-state index contributed by atoms with van der Waals surface area (Å²) in [6, 6.07) is 17.9. The lowest BCUT2D eigenvalue weighted by molar-refractivity contribution is -0.116. The van der Waals surface area contributed by atoms with Crippen LogP contribution in [0.1, 0.15) is 11.1 Å². The molecule has 3 rings (SSSR count). The number of sulfonamides is 1. The first-order chi connectivity index (χ1) is 14.6. The summed E-state index contributed by atoms with van der Waals surface area (Å²) in [6.45, 7) is 1.53. The van der Waals surface area contributed by atoms with Gasteiger partial charge in [-0.1, -0.05) is 64.6 Å². The second-order valence-electron chi connectivity index (χ2n) is 6.89. The van der Waals surface area contributed by atoms with E-state index in [-0.39, 0.29) is 16.5 Å². The van der Waals surface area contributed by atoms with Gasteiger partial charge < -0.3 is 5.32 Å². The molecule has 3 aromatic rings. The maximum absolute atomic E-state index is 13.3. The molecule has 0 bridgehead atoms. The van der Waals surface area contributed by atoms with Crippen LogP contribution in [0.4, 0.5) is 5.69 Å². The van der Waals surface area contributed by atoms with Crippen molar-refractivity contribution < 1.29 is 13.2 Å². The number of benzene rings is 3. The fourth-order valence-electron chi connectivity index (χ4n) is 2.94. The van der Waals surface area contributed by atoms with Crippen LogP contribution in [0.25, 0.3) is 0 Å². The number of rotatable bonds is 7. The van der Waals surface area contributed by atoms with Gasteiger partial charge in [0.1, 0.15) is 0 Å². The molecule has 5 nitrogen and oxygen atoms in total. The Kier molecular flexibility index (Phi) is 7.62. The molecule has 0 atom stereocenters. The van der Waals surface area contributed by atoms with E-state index in [1.807, 2.05) is 31.2 Å². The number of hydrogen-bond acceptors (Lipinski definition) is 3. The van der Waals surface area contributed by atoms with Crippen LogP contribution in [0, 0.1) is 6.92 Å². The zero-order valence-corrected chi connectivity index (χ0v) is 19.6. The average molecular weight is 498 g/mol. The topological polar surface area (TPSA) is 66.5 Å². The summed E-state index contributed by atoms with van der Waals surface area (Å²) < 4.78 is 27.7. The Morgan fingerprint density at radius 2 is 1.61 bits per heavy atom. The Bertz CT molecular complexity index is 1200. The predicted octanol–water partition coefficient (Wildman–Crippen LogP) is 5.78. The lowest BCUT2D eigenvalue weighted by Crippen LogP contribution is -2.37. The summed E-state index contributed by atoms with van der Waals surface area (Å²) in [5.41, 5.74) is 2.09. The Morgan fingerprint density at radius 1 is 0.935 bits per heavy atom. The summed E-state index contributed by atoms with van der Waals surface area (Å²) in [4.78, 5) is 12.8. The SMILES string of the molecule is Cc1cccc(CN(CC(=O)Nc2ccc(Cl)cc2Cl)S(=O)(=O)c2ccc(Cl)cc2)c1. The normalized spacial score (nSPS) is 11.5. The molecule has 162 valence electrons. The summed E-state index contributed by atoms with van der Waals surface area (Å²) in [5, 5.41) is 3.74. The van der Waals surface area contributed by atoms with E-state index in [1.165, 1.54) is 30.3 Å². The maximum atomic E-state index is 13.3. The molecule has 0 aliphatic carbocycles. The van der Waals surface area contributed by atoms with E-state index in [1.54, 1.807) is 12.1 Å². The van der Waals surface area contributed by atoms with Crippen LogP contribution in [0.5, 0.6) is 0 Å². The minimum Gasteiger partial charge on any atom is -0.324 e. The van der Waals surface area contributed by atoms with Gasteiger partial charge in [0, 0.05) is 16.6 Å². The van der Waals surface area contributed by atoms with Gasteiger partial charge in [-0.3, -0.25) is 4.79 Å². The van der Waals surface area contributed by atoms with Crippen LogP contribution in [-0.4, -0.2) is 25.2 Å². The molecule has 0 aliphatic rings. The Labute approximate surface area is 196 Å². The number of carbonyl (C=O) groups is 1. The largest absolute Gasteiger partial charge is 0.324 e. The maximum Gasteiger partial charge on any atom is 0.243 e. The van der Waals surface area contributed by atoms with Crippen molar-refractivity contribution in [2.24, 2.45) is 0 Å². The van der Waals surface area contributed by atoms with Crippen molar-refractivity contribution in [3.63, 3.8) is 0 Å². The van der Waals surface area contributed by atoms with Crippen molar-refractivity contribution in [2.75, 3.05) is 11.9 Å². The van der Waals surface area contributed by atoms with Gasteiger partial charge in [0.2, 0.25) is 15.9 Å². The molecule has 1 N–H and O–H groups in total. The molecular weight excluding hydrogens is 479 g/mol. The molecule has 9 heteroatoms. The molecule has 0 aliphatic heterocycles. The smallest absolute Gasteiger partial charge is 0.243 e. The van der Waals surface area contributed by atoms with Crippen LogP contribution < -0.4 is 5.32 Å². The van der Waals surface area contributed by atoms with E-state index in [9.17, 15) is 13.2 Å². The summed E-state index contributed by atoms with van der Waals surface area (Å²) in [7, 11) is -3.97. The Morgan fingerprint density at radius 3 is 2.26 bits per heavy atom. The fourth-order valence-corrected chi connectivity index (χ4v) is 4.90. The van der Waals surface area contributed by atoms with E-state index in [0.29, 0.717) is 15.7 Å². The lowest BCUT2D eigenvalue weighted by atomic mass is 10.1. The van der Waals surface area contributed by atoms with Crippen LogP contribution in [0.3, 0.4) is 0 Å². The first kappa shape index (κ1) is 23.6. The van der Waals surface area contributed by atoms with Crippen LogP contribution >= 0.6 is 34.8 Å². The van der Waals surface area contributed by atoms with Gasteiger partial charge in [0.05, 0.1) is 22.2 Å². The second-order valence-corrected chi connectivity index (χ2v) is 10.1. The van der Waals surface area contributed by atoms with E-state index in [2.05, 4.69) is 5.32 Å². The highest BCUT2D eigenvalue weighted by Crippen LogP contribution is 2.26. The molecule has 3 aromatic carbocycles. The summed E-state index contributed by atoms with van der Waals surface area (Å²) in [5.74, 6) is -0.533. The van der Waals surface area contributed by atoms with E-state index in [0.717, 1.165) is 15.4 Å². The number of carbonyl (C=O) groups excluding carboxylic acids is 1. The zero-order chi connectivity index (χ0) is 22.6. The van der Waals surface area contributed by atoms with Gasteiger partial charge in [-0.05, 0) is 55.0 Å². The molecule has 0 fully saturated rings. The van der Waals surface area contributed by atoms with Gasteiger partial charge in [-0.25, -0.2) is 8.42 Å². The van der Waals surface area contributed by atoms with Gasteiger partial charge in [0.15, 0.2) is 0 Å². The molecule has 0 radical (unpaired) electrons. The van der Waals surface area contributed by atoms with Crippen LogP contribution in [-0.2, 0) is 21.4 Å². The molecule has 0 saturated carbocycles. The van der Waals surface area contributed by atoms with E-state index >= 15 is 0 Å². The van der Waals surface area contributed by atoms with Gasteiger partial charge >= 0.3 is 0 Å². The molecular formula is C22H19Cl3N2O3S. The van der Waals surface area contributed by atoms with Crippen molar-refractivity contribution in [3.05, 3.63) is 92.9 Å². The summed E-state index contributed by atoms with van der Waals surface area (Å²) >= 11 is 17.9. The number of nitrogens with zero attached hydrogens (tertiary/aromatic N) is 1. The van der Waals surface area contributed by atoms with Gasteiger partial charge in [-0.2, -0.15) is 4.31 Å². The minimum absolute atomic E-state index is 0.0222. The van der Waals surface area contributed by atoms with Crippen LogP contribution in [0.15, 0.2) is 71.6 Å². The van der Waals surface area contributed by atoms with Crippen molar-refractivity contribution >= 4 is 56.4 Å². The number of aryl methyl sites for hydroxylation is 1. The molecule has 0 saturated heterocycles. The highest BCUT2D eigenvalue weighted by molar-refractivity contribution is 7.89. The van der Waals surface area contributed by atoms with Gasteiger partial charge in [-0.15, -0.1) is 0 Å². The standard InChI is InChI=1S/C22H19Cl3N2O3S/c1-15-3-2-4-16(11-15)13-27(31(29,30)19-8-5-17(23)6-9-19)14-22(28)26-21-10-7-18(24)12-20(21)25/h2-12H,13-14H2,1H3,(H,26,28). The van der Waals surface area contributed by atoms with Crippen molar-refractivity contribution in [2.45, 2.75) is 18.4 Å². The number of amides is 1. The molecule has 0 heterocycles. The number of halogens is 3. The van der Waals surface area contributed by atoms with Crippen molar-refractivity contribution in [3.8, 4) is 0 Å². The third kappa shape index (κ3) is 6.21. The number of hydrogen-bond donors (Lipinski definition) is 1. The van der Waals surface area contributed by atoms with Crippen molar-refractivity contribution in [1.82, 2.24) is 4.31 Å². The minimum atomic E-state index is -3.97. The molecule has 0 spiro atoms. The third-order valence-corrected chi connectivity index (χ3v) is 7.02. The zero-order valence-electron chi connectivity index (χ0n) is 16.5. The van der Waals surface area contributed by atoms with Gasteiger partial charge in [0.25, 0.3) is 0 Å². The molecule has 0 aromatic heterocycles. The summed E-state index contributed by atoms with van der Waals surface area (Å²) in [6.07, 6.45) is 0. The third-order valence-electron chi connectivity index (χ3n) is 4.42. The first-order valence-corrected chi connectivity index (χ1v) is 11.8. The lowest BCUT2D eigenvalue weighted by Gasteiger charge is -2.22. The number of anilines is 1. The van der Waals surface area contributed by atoms with Crippen LogP contribution in [0.2, 0.25) is 15.1 Å². The first-order valence-electron chi connectivity index (χ1n) is 9.21. The Balaban J connectivity index is 1.89. The van der Waals surface area contributed by atoms with E-state index < -0.39 is 22.5 Å². The highest BCUT2D eigenvalue weighted by atomic mass is 35.5. The molecule has 31 heavy (non-hydrogen) atoms. The molecule has 0 unspecified atom stereocenters. The highest BCUT2D eigenvalue weighted by Gasteiger charge is 2.27. The number of nitrogens with one attached hydrogen (secondary N) is 1. The average Bonchev–Trinajstić information content (AvgIpc) is 2.70. The fraction of sp³-hybridized carbons (Fsp3) is 0.136. The monoisotopic (exact) mass is 496 g/mol. The van der Waals surface area contributed by atoms with E-state index in [4.69, 9.17) is 34.8 Å². The van der Waals surface area contributed by atoms with Crippen molar-refractivity contribution in [1.29, 1.82) is 0 Å². The Hall–Kier alpha value is -2.09. The molecule has 1 amide bonds. The predicted molar refractivity (Wildman–Crippen MR) is 125 cm³/mol.